The van der Waals surface area contributed by atoms with Gasteiger partial charge in [-0.25, -0.2) is 9.13 Å². The predicted molar refractivity (Wildman–Crippen MR) is 367 cm³/mol. The van der Waals surface area contributed by atoms with Gasteiger partial charge in [-0.3, -0.25) is 37.3 Å². The Labute approximate surface area is 556 Å². The van der Waals surface area contributed by atoms with Crippen LogP contribution < -0.4 is 0 Å². The monoisotopic (exact) mass is 1340 g/mol. The lowest BCUT2D eigenvalue weighted by Crippen LogP contribution is -2.30. The first-order valence-corrected chi connectivity index (χ1v) is 40.2. The molecule has 0 aliphatic rings. The summed E-state index contributed by atoms with van der Waals surface area (Å²) in [6, 6.07) is 0. The zero-order chi connectivity index (χ0) is 67.5. The van der Waals surface area contributed by atoms with Crippen LogP contribution in [0, 0.1) is 23.7 Å². The number of carbonyl (C=O) groups is 4. The third kappa shape index (κ3) is 65.1. The molecule has 6 atom stereocenters. The Morgan fingerprint density at radius 2 is 0.527 bits per heavy atom. The van der Waals surface area contributed by atoms with Gasteiger partial charge in [-0.2, -0.15) is 0 Å². The first kappa shape index (κ1) is 89.1. The summed E-state index contributed by atoms with van der Waals surface area (Å²) in [6.45, 7) is 14.1. The van der Waals surface area contributed by atoms with E-state index in [2.05, 4.69) is 55.4 Å². The molecule has 19 heteroatoms. The van der Waals surface area contributed by atoms with Crippen LogP contribution >= 0.6 is 15.6 Å². The molecular formula is C72H140O17P2. The Morgan fingerprint density at radius 3 is 0.780 bits per heavy atom. The van der Waals surface area contributed by atoms with E-state index < -0.39 is 97.5 Å². The Bertz CT molecular complexity index is 1800. The van der Waals surface area contributed by atoms with Gasteiger partial charge in [0.1, 0.15) is 19.3 Å². The molecule has 0 saturated carbocycles. The van der Waals surface area contributed by atoms with E-state index in [1.165, 1.54) is 154 Å². The maximum atomic E-state index is 13.0. The highest BCUT2D eigenvalue weighted by molar-refractivity contribution is 7.47. The average molecular weight is 1340 g/mol. The molecule has 0 aromatic carbocycles. The van der Waals surface area contributed by atoms with Crippen LogP contribution in [-0.2, 0) is 65.4 Å². The second kappa shape index (κ2) is 61.6. The summed E-state index contributed by atoms with van der Waals surface area (Å²) in [5.41, 5.74) is 0. The molecule has 0 aliphatic carbocycles. The number of phosphoric acid groups is 2. The number of aliphatic hydroxyl groups excluding tert-OH is 1. The molecule has 0 rings (SSSR count). The minimum Gasteiger partial charge on any atom is -0.462 e. The van der Waals surface area contributed by atoms with Gasteiger partial charge in [0.2, 0.25) is 0 Å². The zero-order valence-electron chi connectivity index (χ0n) is 59.5. The van der Waals surface area contributed by atoms with Gasteiger partial charge in [0, 0.05) is 25.7 Å². The van der Waals surface area contributed by atoms with Crippen molar-refractivity contribution in [2.45, 2.75) is 375 Å². The van der Waals surface area contributed by atoms with Crippen molar-refractivity contribution in [2.24, 2.45) is 23.7 Å². The molecular weight excluding hydrogens is 1200 g/mol. The van der Waals surface area contributed by atoms with E-state index in [-0.39, 0.29) is 25.7 Å². The number of aliphatic hydroxyl groups is 1. The summed E-state index contributed by atoms with van der Waals surface area (Å²) >= 11 is 0. The van der Waals surface area contributed by atoms with E-state index in [1.807, 2.05) is 0 Å². The summed E-state index contributed by atoms with van der Waals surface area (Å²) in [7, 11) is -9.91. The first-order chi connectivity index (χ1) is 43.6. The number of esters is 4. The summed E-state index contributed by atoms with van der Waals surface area (Å²) in [5, 5.41) is 10.6. The number of rotatable bonds is 69. The van der Waals surface area contributed by atoms with Gasteiger partial charge in [-0.15, -0.1) is 0 Å². The molecule has 17 nitrogen and oxygen atoms in total. The number of phosphoric ester groups is 2. The standard InChI is InChI=1S/C72H140O17P2/c1-9-65(8)51-43-35-30-31-37-45-53-70(75)83-59-68(89-72(77)55-47-39-29-23-17-20-26-34-42-50-64(6)7)61-87-91(80,81)85-57-66(73)56-84-90(78,79)86-60-67(58-82-69(74)52-44-36-27-22-16-19-25-33-41-49-63(4)5)88-71(76)54-46-38-28-21-15-13-11-10-12-14-18-24-32-40-48-62(2)3/h62-68,73H,9-61H2,1-8H3,(H,78,79)(H,80,81)/t65?,66-,67-,68-/m1/s1. The number of ether oxygens (including phenoxy) is 4. The highest BCUT2D eigenvalue weighted by atomic mass is 31.2. The minimum absolute atomic E-state index is 0.104. The highest BCUT2D eigenvalue weighted by Gasteiger charge is 2.30. The lowest BCUT2D eigenvalue weighted by atomic mass is 10.00. The van der Waals surface area contributed by atoms with Crippen LogP contribution in [0.3, 0.4) is 0 Å². The van der Waals surface area contributed by atoms with E-state index in [1.54, 1.807) is 0 Å². The Hall–Kier alpha value is -1.94. The van der Waals surface area contributed by atoms with Crippen LogP contribution in [0.2, 0.25) is 0 Å². The highest BCUT2D eigenvalue weighted by Crippen LogP contribution is 2.45. The molecule has 3 unspecified atom stereocenters. The molecule has 0 spiro atoms. The molecule has 3 N–H and O–H groups in total. The van der Waals surface area contributed by atoms with E-state index in [0.717, 1.165) is 120 Å². The lowest BCUT2D eigenvalue weighted by molar-refractivity contribution is -0.161. The maximum absolute atomic E-state index is 13.0. The van der Waals surface area contributed by atoms with Crippen LogP contribution in [0.25, 0.3) is 0 Å². The third-order valence-corrected chi connectivity index (χ3v) is 18.8. The topological polar surface area (TPSA) is 237 Å². The van der Waals surface area contributed by atoms with Crippen LogP contribution in [0.15, 0.2) is 0 Å². The predicted octanol–water partition coefficient (Wildman–Crippen LogP) is 20.5. The van der Waals surface area contributed by atoms with Crippen molar-refractivity contribution >= 4 is 39.5 Å². The Kier molecular flexibility index (Phi) is 60.3. The van der Waals surface area contributed by atoms with Crippen molar-refractivity contribution in [1.29, 1.82) is 0 Å². The van der Waals surface area contributed by atoms with Gasteiger partial charge in [0.05, 0.1) is 26.4 Å². The van der Waals surface area contributed by atoms with E-state index in [4.69, 9.17) is 37.0 Å². The number of unbranched alkanes of at least 4 members (excludes halogenated alkanes) is 34. The molecule has 0 amide bonds. The maximum Gasteiger partial charge on any atom is 0.472 e. The SMILES string of the molecule is CCC(C)CCCCCCCCC(=O)OC[C@H](COP(=O)(O)OC[C@H](O)COP(=O)(O)OC[C@@H](COC(=O)CCCCCCCCCCCC(C)C)OC(=O)CCCCCCCCCCCCCCCCC(C)C)OC(=O)CCCCCCCCCCCC(C)C. The molecule has 0 aliphatic heterocycles. The third-order valence-electron chi connectivity index (χ3n) is 16.9. The normalized spacial score (nSPS) is 14.5. The summed E-state index contributed by atoms with van der Waals surface area (Å²) in [6.07, 6.45) is 44.5. The molecule has 91 heavy (non-hydrogen) atoms. The molecule has 0 fully saturated rings. The zero-order valence-corrected chi connectivity index (χ0v) is 61.3. The average Bonchev–Trinajstić information content (AvgIpc) is 3.68. The van der Waals surface area contributed by atoms with Gasteiger partial charge >= 0.3 is 39.5 Å². The van der Waals surface area contributed by atoms with Gasteiger partial charge in [0.15, 0.2) is 12.2 Å². The van der Waals surface area contributed by atoms with Crippen LogP contribution in [0.4, 0.5) is 0 Å². The second-order valence-corrected chi connectivity index (χ2v) is 30.6. The number of carbonyl (C=O) groups excluding carboxylic acids is 4. The smallest absolute Gasteiger partial charge is 0.462 e. The fourth-order valence-electron chi connectivity index (χ4n) is 10.8. The summed E-state index contributed by atoms with van der Waals surface area (Å²) in [4.78, 5) is 72.6. The van der Waals surface area contributed by atoms with Gasteiger partial charge in [0.25, 0.3) is 0 Å². The quantitative estimate of drug-likeness (QED) is 0.0222. The lowest BCUT2D eigenvalue weighted by Gasteiger charge is -2.21. The first-order valence-electron chi connectivity index (χ1n) is 37.2. The second-order valence-electron chi connectivity index (χ2n) is 27.6. The molecule has 0 saturated heterocycles. The molecule has 0 heterocycles. The Balaban J connectivity index is 5.25. The molecule has 0 aromatic rings. The fourth-order valence-corrected chi connectivity index (χ4v) is 12.4. The molecule has 0 radical (unpaired) electrons. The minimum atomic E-state index is -4.95. The number of hydrogen-bond donors (Lipinski definition) is 3. The largest absolute Gasteiger partial charge is 0.472 e. The summed E-state index contributed by atoms with van der Waals surface area (Å²) in [5.74, 6) is 0.878. The number of hydrogen-bond acceptors (Lipinski definition) is 15. The Morgan fingerprint density at radius 1 is 0.308 bits per heavy atom. The van der Waals surface area contributed by atoms with Crippen molar-refractivity contribution in [3.8, 4) is 0 Å². The summed E-state index contributed by atoms with van der Waals surface area (Å²) < 4.78 is 68.4. The van der Waals surface area contributed by atoms with E-state index in [0.29, 0.717) is 25.7 Å². The van der Waals surface area contributed by atoms with Gasteiger partial charge in [-0.05, 0) is 49.4 Å². The van der Waals surface area contributed by atoms with E-state index >= 15 is 0 Å². The van der Waals surface area contributed by atoms with E-state index in [9.17, 15) is 43.2 Å². The van der Waals surface area contributed by atoms with Gasteiger partial charge in [-0.1, -0.05) is 306 Å². The fraction of sp³-hybridized carbons (Fsp3) is 0.944. The molecule has 540 valence electrons. The van der Waals surface area contributed by atoms with Crippen molar-refractivity contribution in [3.63, 3.8) is 0 Å². The van der Waals surface area contributed by atoms with Crippen LogP contribution in [0.5, 0.6) is 0 Å². The van der Waals surface area contributed by atoms with Crippen molar-refractivity contribution in [1.82, 2.24) is 0 Å². The van der Waals surface area contributed by atoms with Crippen LogP contribution in [-0.4, -0.2) is 96.7 Å². The van der Waals surface area contributed by atoms with Crippen molar-refractivity contribution in [2.75, 3.05) is 39.6 Å². The van der Waals surface area contributed by atoms with Gasteiger partial charge < -0.3 is 33.8 Å². The molecule has 0 bridgehead atoms. The van der Waals surface area contributed by atoms with Crippen LogP contribution in [0.1, 0.15) is 357 Å². The van der Waals surface area contributed by atoms with Crippen molar-refractivity contribution in [3.05, 3.63) is 0 Å². The van der Waals surface area contributed by atoms with Crippen molar-refractivity contribution < 1.29 is 80.2 Å². The molecule has 0 aromatic heterocycles.